The van der Waals surface area contributed by atoms with E-state index in [1.165, 1.54) is 0 Å². The van der Waals surface area contributed by atoms with Crippen molar-refractivity contribution in [1.82, 2.24) is 4.98 Å². The molecule has 1 aromatic heterocycles. The first-order chi connectivity index (χ1) is 7.50. The molecule has 2 rings (SSSR count). The van der Waals surface area contributed by atoms with Crippen molar-refractivity contribution in [2.45, 2.75) is 32.2 Å². The van der Waals surface area contributed by atoms with Gasteiger partial charge in [-0.1, -0.05) is 0 Å². The number of amides is 1. The van der Waals surface area contributed by atoms with Crippen LogP contribution in [0, 0.1) is 12.8 Å². The van der Waals surface area contributed by atoms with Crippen LogP contribution in [-0.2, 0) is 4.79 Å². The van der Waals surface area contributed by atoms with Crippen molar-refractivity contribution in [2.24, 2.45) is 11.7 Å². The Morgan fingerprint density at radius 3 is 2.75 bits per heavy atom. The van der Waals surface area contributed by atoms with Crippen LogP contribution < -0.4 is 11.1 Å². The van der Waals surface area contributed by atoms with Crippen LogP contribution in [0.25, 0.3) is 0 Å². The first-order valence-corrected chi connectivity index (χ1v) is 5.53. The van der Waals surface area contributed by atoms with E-state index < -0.39 is 5.54 Å². The van der Waals surface area contributed by atoms with Crippen LogP contribution in [0.3, 0.4) is 0 Å². The van der Waals surface area contributed by atoms with Gasteiger partial charge in [0, 0.05) is 5.69 Å². The summed E-state index contributed by atoms with van der Waals surface area (Å²) in [4.78, 5) is 16.1. The second-order valence-electron chi connectivity index (χ2n) is 4.70. The zero-order chi connectivity index (χ0) is 11.8. The Balaban J connectivity index is 2.04. The van der Waals surface area contributed by atoms with Crippen molar-refractivity contribution in [2.75, 3.05) is 5.32 Å². The van der Waals surface area contributed by atoms with Gasteiger partial charge in [-0.25, -0.2) is 0 Å². The number of aromatic nitrogens is 1. The van der Waals surface area contributed by atoms with Crippen molar-refractivity contribution in [1.29, 1.82) is 0 Å². The number of aryl methyl sites for hydroxylation is 1. The van der Waals surface area contributed by atoms with E-state index in [-0.39, 0.29) is 5.91 Å². The lowest BCUT2D eigenvalue weighted by Gasteiger charge is -2.22. The second kappa shape index (κ2) is 3.87. The summed E-state index contributed by atoms with van der Waals surface area (Å²) < 4.78 is 0. The van der Waals surface area contributed by atoms with E-state index in [1.54, 1.807) is 13.1 Å². The van der Waals surface area contributed by atoms with Crippen molar-refractivity contribution >= 4 is 11.6 Å². The zero-order valence-corrected chi connectivity index (χ0v) is 9.66. The SMILES string of the molecule is Cc1ccc(NC(=O)C(C)(N)C2CC2)cn1. The van der Waals surface area contributed by atoms with Crippen LogP contribution in [0.1, 0.15) is 25.5 Å². The average Bonchev–Trinajstić information content (AvgIpc) is 3.05. The molecular weight excluding hydrogens is 202 g/mol. The number of anilines is 1. The third-order valence-corrected chi connectivity index (χ3v) is 3.08. The van der Waals surface area contributed by atoms with Crippen LogP contribution in [0.4, 0.5) is 5.69 Å². The van der Waals surface area contributed by atoms with Crippen LogP contribution in [-0.4, -0.2) is 16.4 Å². The van der Waals surface area contributed by atoms with Crippen LogP contribution >= 0.6 is 0 Å². The van der Waals surface area contributed by atoms with Crippen LogP contribution in [0.5, 0.6) is 0 Å². The molecule has 0 aliphatic heterocycles. The third kappa shape index (κ3) is 2.22. The van der Waals surface area contributed by atoms with Gasteiger partial charge in [0.15, 0.2) is 0 Å². The van der Waals surface area contributed by atoms with Gasteiger partial charge >= 0.3 is 0 Å². The number of carbonyl (C=O) groups is 1. The molecule has 1 aliphatic carbocycles. The molecule has 1 saturated carbocycles. The molecule has 86 valence electrons. The molecule has 4 nitrogen and oxygen atoms in total. The molecule has 4 heteroatoms. The molecule has 1 unspecified atom stereocenters. The van der Waals surface area contributed by atoms with Gasteiger partial charge in [-0.2, -0.15) is 0 Å². The Bertz CT molecular complexity index is 393. The van der Waals surface area contributed by atoms with E-state index in [1.807, 2.05) is 19.1 Å². The number of nitrogens with zero attached hydrogens (tertiary/aromatic N) is 1. The molecule has 0 bridgehead atoms. The minimum absolute atomic E-state index is 0.124. The number of rotatable bonds is 3. The van der Waals surface area contributed by atoms with E-state index in [2.05, 4.69) is 10.3 Å². The first kappa shape index (κ1) is 11.1. The number of pyridine rings is 1. The summed E-state index contributed by atoms with van der Waals surface area (Å²) in [6.07, 6.45) is 3.75. The number of nitrogens with one attached hydrogen (secondary N) is 1. The minimum atomic E-state index is -0.759. The van der Waals surface area contributed by atoms with E-state index in [0.717, 1.165) is 18.5 Å². The lowest BCUT2D eigenvalue weighted by molar-refractivity contribution is -0.121. The van der Waals surface area contributed by atoms with Crippen molar-refractivity contribution in [3.05, 3.63) is 24.0 Å². The standard InChI is InChI=1S/C12H17N3O/c1-8-3-6-10(7-14-8)15-11(16)12(2,13)9-4-5-9/h3,6-7,9H,4-5,13H2,1-2H3,(H,15,16). The molecule has 3 N–H and O–H groups in total. The summed E-state index contributed by atoms with van der Waals surface area (Å²) in [5, 5.41) is 2.80. The maximum atomic E-state index is 11.9. The van der Waals surface area contributed by atoms with Gasteiger partial charge in [0.25, 0.3) is 0 Å². The van der Waals surface area contributed by atoms with E-state index >= 15 is 0 Å². The molecule has 0 aromatic carbocycles. The summed E-state index contributed by atoms with van der Waals surface area (Å²) >= 11 is 0. The fourth-order valence-corrected chi connectivity index (χ4v) is 1.68. The van der Waals surface area contributed by atoms with Gasteiger partial charge in [-0.05, 0) is 44.7 Å². The summed E-state index contributed by atoms with van der Waals surface area (Å²) in [6, 6.07) is 3.70. The molecule has 0 saturated heterocycles. The Labute approximate surface area is 95.3 Å². The Hall–Kier alpha value is -1.42. The molecule has 1 atom stereocenters. The molecule has 0 radical (unpaired) electrons. The molecule has 0 spiro atoms. The first-order valence-electron chi connectivity index (χ1n) is 5.53. The van der Waals surface area contributed by atoms with Crippen LogP contribution in [0.2, 0.25) is 0 Å². The third-order valence-electron chi connectivity index (χ3n) is 3.08. The number of hydrogen-bond acceptors (Lipinski definition) is 3. The van der Waals surface area contributed by atoms with Crippen LogP contribution in [0.15, 0.2) is 18.3 Å². The number of carbonyl (C=O) groups excluding carboxylic acids is 1. The minimum Gasteiger partial charge on any atom is -0.323 e. The van der Waals surface area contributed by atoms with E-state index in [4.69, 9.17) is 5.73 Å². The average molecular weight is 219 g/mol. The molecule has 1 fully saturated rings. The molecule has 1 amide bonds. The maximum Gasteiger partial charge on any atom is 0.244 e. The highest BCUT2D eigenvalue weighted by molar-refractivity contribution is 5.98. The topological polar surface area (TPSA) is 68.0 Å². The fourth-order valence-electron chi connectivity index (χ4n) is 1.68. The fraction of sp³-hybridized carbons (Fsp3) is 0.500. The molecule has 1 heterocycles. The number of nitrogens with two attached hydrogens (primary N) is 1. The maximum absolute atomic E-state index is 11.9. The Kier molecular flexibility index (Phi) is 2.68. The van der Waals surface area contributed by atoms with Gasteiger partial charge in [0.05, 0.1) is 17.4 Å². The largest absolute Gasteiger partial charge is 0.323 e. The Morgan fingerprint density at radius 2 is 2.25 bits per heavy atom. The predicted molar refractivity (Wildman–Crippen MR) is 62.9 cm³/mol. The van der Waals surface area contributed by atoms with E-state index in [9.17, 15) is 4.79 Å². The summed E-state index contributed by atoms with van der Waals surface area (Å²) in [7, 11) is 0. The Morgan fingerprint density at radius 1 is 1.56 bits per heavy atom. The van der Waals surface area contributed by atoms with Gasteiger partial charge in [-0.3, -0.25) is 9.78 Å². The van der Waals surface area contributed by atoms with Crippen molar-refractivity contribution in [3.8, 4) is 0 Å². The monoisotopic (exact) mass is 219 g/mol. The smallest absolute Gasteiger partial charge is 0.244 e. The van der Waals surface area contributed by atoms with Gasteiger partial charge in [-0.15, -0.1) is 0 Å². The van der Waals surface area contributed by atoms with Crippen molar-refractivity contribution in [3.63, 3.8) is 0 Å². The lowest BCUT2D eigenvalue weighted by Crippen LogP contribution is -2.50. The summed E-state index contributed by atoms with van der Waals surface area (Å²) in [5.41, 5.74) is 6.88. The van der Waals surface area contributed by atoms with Crippen molar-refractivity contribution < 1.29 is 4.79 Å². The summed E-state index contributed by atoms with van der Waals surface area (Å²) in [6.45, 7) is 3.70. The van der Waals surface area contributed by atoms with Gasteiger partial charge in [0.1, 0.15) is 0 Å². The quantitative estimate of drug-likeness (QED) is 0.808. The van der Waals surface area contributed by atoms with Gasteiger partial charge < -0.3 is 11.1 Å². The molecule has 16 heavy (non-hydrogen) atoms. The number of hydrogen-bond donors (Lipinski definition) is 2. The van der Waals surface area contributed by atoms with E-state index in [0.29, 0.717) is 11.6 Å². The normalized spacial score (nSPS) is 18.9. The highest BCUT2D eigenvalue weighted by Gasteiger charge is 2.44. The predicted octanol–water partition coefficient (Wildman–Crippen LogP) is 1.46. The molecular formula is C12H17N3O. The summed E-state index contributed by atoms with van der Waals surface area (Å²) in [5.74, 6) is 0.201. The second-order valence-corrected chi connectivity index (χ2v) is 4.70. The molecule has 1 aromatic rings. The zero-order valence-electron chi connectivity index (χ0n) is 9.66. The lowest BCUT2D eigenvalue weighted by atomic mass is 9.96. The van der Waals surface area contributed by atoms with Gasteiger partial charge in [0.2, 0.25) is 5.91 Å². The highest BCUT2D eigenvalue weighted by Crippen LogP contribution is 2.38. The molecule has 1 aliphatic rings. The highest BCUT2D eigenvalue weighted by atomic mass is 16.2.